The predicted octanol–water partition coefficient (Wildman–Crippen LogP) is 3.84. The van der Waals surface area contributed by atoms with Crippen molar-refractivity contribution in [3.8, 4) is 0 Å². The molecule has 3 aromatic rings. The molecule has 3 rings (SSSR count). The van der Waals surface area contributed by atoms with Gasteiger partial charge in [-0.25, -0.2) is 4.39 Å². The summed E-state index contributed by atoms with van der Waals surface area (Å²) in [5.74, 6) is -0.241. The topological polar surface area (TPSA) is 12.9 Å². The highest BCUT2D eigenvalue weighted by Gasteiger charge is 2.05. The largest absolute Gasteiger partial charge is 0.252 e. The molecule has 0 fully saturated rings. The summed E-state index contributed by atoms with van der Waals surface area (Å²) in [4.78, 5) is 4.42. The van der Waals surface area contributed by atoms with Gasteiger partial charge in [-0.1, -0.05) is 24.3 Å². The molecular formula is C14H10FN. The molecule has 0 N–H and O–H groups in total. The maximum atomic E-state index is 13.1. The molecule has 0 amide bonds. The van der Waals surface area contributed by atoms with Gasteiger partial charge in [0.05, 0.1) is 5.52 Å². The molecule has 1 nitrogen and oxygen atoms in total. The van der Waals surface area contributed by atoms with Crippen LogP contribution in [0.3, 0.4) is 0 Å². The van der Waals surface area contributed by atoms with Crippen molar-refractivity contribution in [1.29, 1.82) is 0 Å². The minimum atomic E-state index is -0.241. The molecular weight excluding hydrogens is 201 g/mol. The molecule has 78 valence electrons. The zero-order chi connectivity index (χ0) is 11.1. The Labute approximate surface area is 92.5 Å². The van der Waals surface area contributed by atoms with Crippen LogP contribution in [0.5, 0.6) is 0 Å². The van der Waals surface area contributed by atoms with Crippen LogP contribution in [0.15, 0.2) is 42.5 Å². The Balaban J connectivity index is 2.59. The monoisotopic (exact) mass is 211 g/mol. The number of rotatable bonds is 0. The van der Waals surface area contributed by atoms with Gasteiger partial charge in [-0.3, -0.25) is 4.98 Å². The van der Waals surface area contributed by atoms with E-state index >= 15 is 0 Å². The van der Waals surface area contributed by atoms with Crippen LogP contribution in [-0.4, -0.2) is 4.98 Å². The molecule has 2 aromatic carbocycles. The van der Waals surface area contributed by atoms with Crippen LogP contribution in [0.1, 0.15) is 5.69 Å². The second kappa shape index (κ2) is 3.27. The maximum Gasteiger partial charge on any atom is 0.125 e. The SMILES string of the molecule is Cc1nc2cc(F)ccc2c2ccccc12. The molecule has 0 saturated carbocycles. The van der Waals surface area contributed by atoms with Gasteiger partial charge in [0.25, 0.3) is 0 Å². The first-order valence-electron chi connectivity index (χ1n) is 5.20. The molecule has 0 radical (unpaired) electrons. The summed E-state index contributed by atoms with van der Waals surface area (Å²) >= 11 is 0. The number of benzene rings is 2. The Morgan fingerprint density at radius 1 is 0.938 bits per heavy atom. The third-order valence-corrected chi connectivity index (χ3v) is 2.85. The van der Waals surface area contributed by atoms with E-state index in [0.717, 1.165) is 27.4 Å². The average molecular weight is 211 g/mol. The molecule has 0 saturated heterocycles. The van der Waals surface area contributed by atoms with Crippen LogP contribution >= 0.6 is 0 Å². The van der Waals surface area contributed by atoms with Gasteiger partial charge in [-0.15, -0.1) is 0 Å². The van der Waals surface area contributed by atoms with E-state index in [2.05, 4.69) is 4.98 Å². The van der Waals surface area contributed by atoms with E-state index in [-0.39, 0.29) is 5.82 Å². The van der Waals surface area contributed by atoms with Gasteiger partial charge in [0.15, 0.2) is 0 Å². The van der Waals surface area contributed by atoms with Crippen LogP contribution < -0.4 is 0 Å². The Kier molecular flexibility index (Phi) is 1.90. The van der Waals surface area contributed by atoms with Crippen molar-refractivity contribution in [3.05, 3.63) is 54.0 Å². The molecule has 0 aliphatic rings. The number of fused-ring (bicyclic) bond motifs is 3. The number of nitrogens with zero attached hydrogens (tertiary/aromatic N) is 1. The molecule has 0 aliphatic heterocycles. The molecule has 1 aromatic heterocycles. The van der Waals surface area contributed by atoms with E-state index in [1.807, 2.05) is 31.2 Å². The fraction of sp³-hybridized carbons (Fsp3) is 0.0714. The summed E-state index contributed by atoms with van der Waals surface area (Å²) in [6.07, 6.45) is 0. The number of aryl methyl sites for hydroxylation is 1. The molecule has 1 heterocycles. The minimum Gasteiger partial charge on any atom is -0.252 e. The van der Waals surface area contributed by atoms with E-state index in [1.54, 1.807) is 6.07 Å². The first kappa shape index (κ1) is 9.28. The smallest absolute Gasteiger partial charge is 0.125 e. The van der Waals surface area contributed by atoms with Gasteiger partial charge in [-0.05, 0) is 24.4 Å². The Bertz CT molecular complexity index is 689. The summed E-state index contributed by atoms with van der Waals surface area (Å²) in [6.45, 7) is 1.95. The zero-order valence-electron chi connectivity index (χ0n) is 8.87. The molecule has 0 aliphatic carbocycles. The van der Waals surface area contributed by atoms with Gasteiger partial charge >= 0.3 is 0 Å². The second-order valence-corrected chi connectivity index (χ2v) is 3.90. The van der Waals surface area contributed by atoms with Gasteiger partial charge in [0.1, 0.15) is 5.82 Å². The number of hydrogen-bond donors (Lipinski definition) is 0. The van der Waals surface area contributed by atoms with E-state index in [1.165, 1.54) is 12.1 Å². The predicted molar refractivity (Wildman–Crippen MR) is 63.9 cm³/mol. The van der Waals surface area contributed by atoms with Crippen molar-refractivity contribution in [2.75, 3.05) is 0 Å². The molecule has 0 spiro atoms. The molecule has 16 heavy (non-hydrogen) atoms. The minimum absolute atomic E-state index is 0.241. The molecule has 0 atom stereocenters. The first-order chi connectivity index (χ1) is 7.75. The number of hydrogen-bond acceptors (Lipinski definition) is 1. The van der Waals surface area contributed by atoms with E-state index in [0.29, 0.717) is 0 Å². The van der Waals surface area contributed by atoms with Gasteiger partial charge < -0.3 is 0 Å². The van der Waals surface area contributed by atoms with Crippen molar-refractivity contribution in [2.24, 2.45) is 0 Å². The van der Waals surface area contributed by atoms with Gasteiger partial charge in [0, 0.05) is 22.5 Å². The molecule has 2 heteroatoms. The van der Waals surface area contributed by atoms with Crippen LogP contribution in [0.2, 0.25) is 0 Å². The summed E-state index contributed by atoms with van der Waals surface area (Å²) in [5.41, 5.74) is 1.66. The zero-order valence-corrected chi connectivity index (χ0v) is 8.87. The first-order valence-corrected chi connectivity index (χ1v) is 5.20. The standard InChI is InChI=1S/C14H10FN/c1-9-11-4-2-3-5-12(11)13-7-6-10(15)8-14(13)16-9/h2-8H,1H3. The summed E-state index contributed by atoms with van der Waals surface area (Å²) in [7, 11) is 0. The summed E-state index contributed by atoms with van der Waals surface area (Å²) < 4.78 is 13.1. The summed E-state index contributed by atoms with van der Waals surface area (Å²) in [6, 6.07) is 12.8. The average Bonchev–Trinajstić information content (AvgIpc) is 2.29. The normalized spacial score (nSPS) is 11.1. The highest BCUT2D eigenvalue weighted by Crippen LogP contribution is 2.26. The fourth-order valence-corrected chi connectivity index (χ4v) is 2.10. The maximum absolute atomic E-state index is 13.1. The lowest BCUT2D eigenvalue weighted by Crippen LogP contribution is -1.88. The lowest BCUT2D eigenvalue weighted by atomic mass is 10.0. The molecule has 0 unspecified atom stereocenters. The Hall–Kier alpha value is -1.96. The quantitative estimate of drug-likeness (QED) is 0.515. The van der Waals surface area contributed by atoms with Crippen LogP contribution in [-0.2, 0) is 0 Å². The fourth-order valence-electron chi connectivity index (χ4n) is 2.10. The lowest BCUT2D eigenvalue weighted by Gasteiger charge is -2.06. The number of aromatic nitrogens is 1. The number of halogens is 1. The summed E-state index contributed by atoms with van der Waals surface area (Å²) in [5, 5.41) is 3.26. The van der Waals surface area contributed by atoms with Crippen LogP contribution in [0, 0.1) is 12.7 Å². The van der Waals surface area contributed by atoms with Crippen LogP contribution in [0.25, 0.3) is 21.7 Å². The third-order valence-electron chi connectivity index (χ3n) is 2.85. The van der Waals surface area contributed by atoms with Crippen molar-refractivity contribution in [2.45, 2.75) is 6.92 Å². The Morgan fingerprint density at radius 3 is 2.50 bits per heavy atom. The van der Waals surface area contributed by atoms with Crippen molar-refractivity contribution in [3.63, 3.8) is 0 Å². The van der Waals surface area contributed by atoms with Crippen molar-refractivity contribution < 1.29 is 4.39 Å². The van der Waals surface area contributed by atoms with Crippen LogP contribution in [0.4, 0.5) is 4.39 Å². The lowest BCUT2D eigenvalue weighted by molar-refractivity contribution is 0.629. The van der Waals surface area contributed by atoms with E-state index in [9.17, 15) is 4.39 Å². The van der Waals surface area contributed by atoms with E-state index < -0.39 is 0 Å². The number of pyridine rings is 1. The van der Waals surface area contributed by atoms with Crippen molar-refractivity contribution >= 4 is 21.7 Å². The Morgan fingerprint density at radius 2 is 1.69 bits per heavy atom. The van der Waals surface area contributed by atoms with Gasteiger partial charge in [-0.2, -0.15) is 0 Å². The second-order valence-electron chi connectivity index (χ2n) is 3.90. The van der Waals surface area contributed by atoms with E-state index in [4.69, 9.17) is 0 Å². The highest BCUT2D eigenvalue weighted by atomic mass is 19.1. The highest BCUT2D eigenvalue weighted by molar-refractivity contribution is 6.06. The molecule has 0 bridgehead atoms. The van der Waals surface area contributed by atoms with Gasteiger partial charge in [0.2, 0.25) is 0 Å². The third kappa shape index (κ3) is 1.27. The van der Waals surface area contributed by atoms with Crippen molar-refractivity contribution in [1.82, 2.24) is 4.98 Å².